The van der Waals surface area contributed by atoms with Gasteiger partial charge in [0, 0.05) is 11.3 Å². The molecule has 0 aliphatic carbocycles. The van der Waals surface area contributed by atoms with Crippen LogP contribution in [0.3, 0.4) is 0 Å². The maximum absolute atomic E-state index is 13.0. The molecular formula is C19H27NO3S. The molecule has 1 aromatic carbocycles. The maximum Gasteiger partial charge on any atom is 0.329 e. The summed E-state index contributed by atoms with van der Waals surface area (Å²) >= 11 is 1.66. The second-order valence-electron chi connectivity index (χ2n) is 6.58. The van der Waals surface area contributed by atoms with Crippen LogP contribution >= 0.6 is 11.8 Å². The number of nitrogens with zero attached hydrogens (tertiary/aromatic N) is 1. The second-order valence-corrected chi connectivity index (χ2v) is 7.73. The zero-order valence-corrected chi connectivity index (χ0v) is 15.8. The van der Waals surface area contributed by atoms with Crippen molar-refractivity contribution in [2.75, 3.05) is 12.4 Å². The zero-order valence-electron chi connectivity index (χ0n) is 15.0. The predicted molar refractivity (Wildman–Crippen MR) is 98.1 cm³/mol. The predicted octanol–water partition coefficient (Wildman–Crippen LogP) is 3.88. The molecule has 4 nitrogen and oxygen atoms in total. The van der Waals surface area contributed by atoms with Crippen molar-refractivity contribution in [1.82, 2.24) is 4.90 Å². The summed E-state index contributed by atoms with van der Waals surface area (Å²) in [5, 5.41) is 0.00234. The molecule has 1 aliphatic heterocycles. The van der Waals surface area contributed by atoms with Crippen LogP contribution in [0.4, 0.5) is 0 Å². The molecule has 0 spiro atoms. The summed E-state index contributed by atoms with van der Waals surface area (Å²) in [6.45, 7) is 8.64. The van der Waals surface area contributed by atoms with Gasteiger partial charge in [-0.2, -0.15) is 0 Å². The molecule has 0 saturated carbocycles. The number of hydrogen-bond donors (Lipinski definition) is 0. The van der Waals surface area contributed by atoms with E-state index in [2.05, 4.69) is 20.8 Å². The second kappa shape index (κ2) is 8.56. The highest BCUT2D eigenvalue weighted by Crippen LogP contribution is 2.35. The number of benzene rings is 1. The van der Waals surface area contributed by atoms with Crippen LogP contribution in [0.15, 0.2) is 24.3 Å². The van der Waals surface area contributed by atoms with E-state index in [9.17, 15) is 9.59 Å². The summed E-state index contributed by atoms with van der Waals surface area (Å²) in [4.78, 5) is 27.2. The van der Waals surface area contributed by atoms with Crippen molar-refractivity contribution in [2.24, 2.45) is 5.92 Å². The van der Waals surface area contributed by atoms with Crippen LogP contribution in [0.2, 0.25) is 0 Å². The summed E-state index contributed by atoms with van der Waals surface area (Å²) < 4.78 is 5.38. The normalized spacial score (nSPS) is 20.5. The highest BCUT2D eigenvalue weighted by atomic mass is 32.2. The van der Waals surface area contributed by atoms with Crippen LogP contribution in [0, 0.1) is 12.8 Å². The van der Waals surface area contributed by atoms with Crippen molar-refractivity contribution >= 4 is 23.6 Å². The molecule has 0 aromatic heterocycles. The van der Waals surface area contributed by atoms with Crippen LogP contribution in [0.5, 0.6) is 0 Å². The molecule has 5 heteroatoms. The van der Waals surface area contributed by atoms with E-state index < -0.39 is 6.04 Å². The Morgan fingerprint density at radius 1 is 1.29 bits per heavy atom. The Labute approximate surface area is 148 Å². The smallest absolute Gasteiger partial charge is 0.329 e. The molecule has 132 valence electrons. The maximum atomic E-state index is 13.0. The lowest BCUT2D eigenvalue weighted by molar-refractivity contribution is -0.148. The summed E-state index contributed by atoms with van der Waals surface area (Å²) in [6, 6.07) is 7.02. The fraction of sp³-hybridized carbons (Fsp3) is 0.579. The molecule has 0 bridgehead atoms. The molecule has 2 rings (SSSR count). The first-order valence-electron chi connectivity index (χ1n) is 8.63. The van der Waals surface area contributed by atoms with Crippen molar-refractivity contribution in [1.29, 1.82) is 0 Å². The zero-order chi connectivity index (χ0) is 17.7. The third-order valence-electron chi connectivity index (χ3n) is 4.15. The van der Waals surface area contributed by atoms with Crippen molar-refractivity contribution < 1.29 is 14.3 Å². The first kappa shape index (κ1) is 18.8. The van der Waals surface area contributed by atoms with E-state index in [1.54, 1.807) is 16.7 Å². The monoisotopic (exact) mass is 349 g/mol. The van der Waals surface area contributed by atoms with Crippen LogP contribution in [0.25, 0.3) is 0 Å². The average Bonchev–Trinajstić information content (AvgIpc) is 3.00. The van der Waals surface area contributed by atoms with Gasteiger partial charge in [0.1, 0.15) is 6.04 Å². The number of thioether (sulfide) groups is 1. The molecule has 1 fully saturated rings. The van der Waals surface area contributed by atoms with Gasteiger partial charge in [-0.3, -0.25) is 4.79 Å². The van der Waals surface area contributed by atoms with Gasteiger partial charge in [0.2, 0.25) is 0 Å². The van der Waals surface area contributed by atoms with Crippen LogP contribution in [0.1, 0.15) is 49.5 Å². The Morgan fingerprint density at radius 3 is 2.54 bits per heavy atom. The Balaban J connectivity index is 2.19. The average molecular weight is 349 g/mol. The van der Waals surface area contributed by atoms with Crippen molar-refractivity contribution in [3.8, 4) is 0 Å². The van der Waals surface area contributed by atoms with Gasteiger partial charge in [0.15, 0.2) is 0 Å². The minimum absolute atomic E-state index is 0.00234. The lowest BCUT2D eigenvalue weighted by Gasteiger charge is -2.30. The van der Waals surface area contributed by atoms with Crippen molar-refractivity contribution in [3.05, 3.63) is 35.4 Å². The van der Waals surface area contributed by atoms with Gasteiger partial charge in [-0.15, -0.1) is 11.8 Å². The molecule has 24 heavy (non-hydrogen) atoms. The first-order valence-corrected chi connectivity index (χ1v) is 9.68. The van der Waals surface area contributed by atoms with Gasteiger partial charge in [-0.25, -0.2) is 4.79 Å². The summed E-state index contributed by atoms with van der Waals surface area (Å²) in [5.74, 6) is 0.513. The van der Waals surface area contributed by atoms with E-state index in [0.717, 1.165) is 18.4 Å². The summed E-state index contributed by atoms with van der Waals surface area (Å²) in [5.41, 5.74) is 1.73. The number of hydrogen-bond acceptors (Lipinski definition) is 4. The molecule has 0 radical (unpaired) electrons. The third-order valence-corrected chi connectivity index (χ3v) is 5.77. The number of ether oxygens (including phenoxy) is 1. The van der Waals surface area contributed by atoms with Gasteiger partial charge in [-0.05, 0) is 31.4 Å². The van der Waals surface area contributed by atoms with Gasteiger partial charge >= 0.3 is 5.97 Å². The molecular weight excluding hydrogens is 322 g/mol. The number of amides is 1. The largest absolute Gasteiger partial charge is 0.464 e. The van der Waals surface area contributed by atoms with E-state index in [1.165, 1.54) is 0 Å². The van der Waals surface area contributed by atoms with E-state index in [0.29, 0.717) is 17.9 Å². The molecule has 1 saturated heterocycles. The Bertz CT molecular complexity index is 570. The molecule has 1 aromatic rings. The lowest BCUT2D eigenvalue weighted by Crippen LogP contribution is -2.47. The summed E-state index contributed by atoms with van der Waals surface area (Å²) in [6.07, 6.45) is 1.83. The van der Waals surface area contributed by atoms with Gasteiger partial charge in [0.25, 0.3) is 5.91 Å². The molecule has 2 atom stereocenters. The van der Waals surface area contributed by atoms with E-state index in [1.807, 2.05) is 31.2 Å². The molecule has 0 unspecified atom stereocenters. The van der Waals surface area contributed by atoms with E-state index >= 15 is 0 Å². The van der Waals surface area contributed by atoms with Gasteiger partial charge < -0.3 is 9.64 Å². The van der Waals surface area contributed by atoms with E-state index in [-0.39, 0.29) is 23.2 Å². The fourth-order valence-corrected chi connectivity index (χ4v) is 4.20. The van der Waals surface area contributed by atoms with Gasteiger partial charge in [-0.1, -0.05) is 44.9 Å². The minimum Gasteiger partial charge on any atom is -0.464 e. The topological polar surface area (TPSA) is 46.6 Å². The minimum atomic E-state index is -0.493. The molecule has 1 aliphatic rings. The Hall–Kier alpha value is -1.49. The number of esters is 1. The Morgan fingerprint density at radius 2 is 1.96 bits per heavy atom. The van der Waals surface area contributed by atoms with Crippen LogP contribution in [-0.2, 0) is 9.53 Å². The number of unbranched alkanes of at least 4 members (excludes halogenated alkanes) is 1. The fourth-order valence-electron chi connectivity index (χ4n) is 2.74. The van der Waals surface area contributed by atoms with Crippen LogP contribution < -0.4 is 0 Å². The number of rotatable bonds is 6. The van der Waals surface area contributed by atoms with Crippen LogP contribution in [-0.4, -0.2) is 40.6 Å². The highest BCUT2D eigenvalue weighted by Gasteiger charge is 2.43. The lowest BCUT2D eigenvalue weighted by atomic mass is 10.1. The highest BCUT2D eigenvalue weighted by molar-refractivity contribution is 8.00. The standard InChI is InChI=1S/C19H27NO3S/c1-5-6-11-23-19(22)16-12-24-18(13(2)3)20(16)17(21)15-9-7-14(4)8-10-15/h7-10,13,16,18H,5-6,11-12H2,1-4H3/t16-,18-/m0/s1. The Kier molecular flexibility index (Phi) is 6.72. The molecule has 1 amide bonds. The van der Waals surface area contributed by atoms with E-state index in [4.69, 9.17) is 4.74 Å². The van der Waals surface area contributed by atoms with Crippen molar-refractivity contribution in [3.63, 3.8) is 0 Å². The SMILES string of the molecule is CCCCOC(=O)[C@@H]1CS[C@@H](C(C)C)N1C(=O)c1ccc(C)cc1. The molecule has 0 N–H and O–H groups in total. The number of carbonyl (C=O) groups is 2. The number of aryl methyl sites for hydroxylation is 1. The molecule has 1 heterocycles. The first-order chi connectivity index (χ1) is 11.5. The quantitative estimate of drug-likeness (QED) is 0.578. The third kappa shape index (κ3) is 4.32. The van der Waals surface area contributed by atoms with Crippen molar-refractivity contribution in [2.45, 2.75) is 52.0 Å². The summed E-state index contributed by atoms with van der Waals surface area (Å²) in [7, 11) is 0. The number of carbonyl (C=O) groups excluding carboxylic acids is 2. The van der Waals surface area contributed by atoms with Gasteiger partial charge in [0.05, 0.1) is 12.0 Å².